The lowest BCUT2D eigenvalue weighted by Crippen LogP contribution is -2.30. The number of nitrogens with zero attached hydrogens (tertiary/aromatic N) is 4. The average Bonchev–Trinajstić information content (AvgIpc) is 3.45. The molecule has 8 nitrogen and oxygen atoms in total. The molecule has 0 spiro atoms. The van der Waals surface area contributed by atoms with Gasteiger partial charge in [-0.3, -0.25) is 4.40 Å². The molecule has 0 radical (unpaired) electrons. The average molecular weight is 403 g/mol. The van der Waals surface area contributed by atoms with Crippen LogP contribution in [0.25, 0.3) is 28.3 Å². The first-order valence-corrected chi connectivity index (χ1v) is 9.50. The summed E-state index contributed by atoms with van der Waals surface area (Å²) in [5, 5.41) is 5.77. The number of urea groups is 1. The Labute approximate surface area is 171 Å². The molecule has 2 amide bonds. The molecule has 0 saturated heterocycles. The van der Waals surface area contributed by atoms with Gasteiger partial charge in [0.25, 0.3) is 0 Å². The van der Waals surface area contributed by atoms with Crippen molar-refractivity contribution in [3.05, 3.63) is 60.8 Å². The molecule has 30 heavy (non-hydrogen) atoms. The highest BCUT2D eigenvalue weighted by atomic mass is 19.1. The van der Waals surface area contributed by atoms with E-state index in [1.807, 2.05) is 40.9 Å². The first kappa shape index (κ1) is 18.0. The van der Waals surface area contributed by atoms with E-state index in [1.165, 1.54) is 0 Å². The number of rotatable bonds is 4. The molecule has 5 rings (SSSR count). The fourth-order valence-electron chi connectivity index (χ4n) is 3.19. The molecule has 1 aliphatic rings. The fraction of sp³-hybridized carbons (Fsp3) is 0.143. The highest BCUT2D eigenvalue weighted by Crippen LogP contribution is 2.26. The Bertz CT molecular complexity index is 1270. The Morgan fingerprint density at radius 1 is 1.13 bits per heavy atom. The number of amides is 2. The summed E-state index contributed by atoms with van der Waals surface area (Å²) in [6, 6.07) is 11.3. The lowest BCUT2D eigenvalue weighted by molar-refractivity contribution is 0.251. The molecular weight excluding hydrogens is 385 g/mol. The largest absolute Gasteiger partial charge is 0.381 e. The molecule has 150 valence electrons. The van der Waals surface area contributed by atoms with Crippen molar-refractivity contribution >= 4 is 23.2 Å². The number of carbonyl (C=O) groups is 1. The van der Waals surface area contributed by atoms with E-state index in [0.717, 1.165) is 30.3 Å². The van der Waals surface area contributed by atoms with Gasteiger partial charge in [0.2, 0.25) is 0 Å². The van der Waals surface area contributed by atoms with Gasteiger partial charge in [-0.05, 0) is 37.1 Å². The summed E-state index contributed by atoms with van der Waals surface area (Å²) >= 11 is 0. The molecule has 1 aromatic carbocycles. The van der Waals surface area contributed by atoms with Crippen LogP contribution in [0.5, 0.6) is 0 Å². The number of fused-ring (bicyclic) bond motifs is 1. The Morgan fingerprint density at radius 3 is 2.80 bits per heavy atom. The molecule has 0 atom stereocenters. The maximum absolute atomic E-state index is 13.3. The lowest BCUT2D eigenvalue weighted by atomic mass is 10.1. The molecule has 0 bridgehead atoms. The number of aromatic nitrogens is 4. The summed E-state index contributed by atoms with van der Waals surface area (Å²) < 4.78 is 15.3. The maximum atomic E-state index is 13.3. The molecule has 0 aliphatic heterocycles. The van der Waals surface area contributed by atoms with Crippen molar-refractivity contribution in [2.24, 2.45) is 0 Å². The quantitative estimate of drug-likeness (QED) is 0.483. The molecule has 4 N–H and O–H groups in total. The number of halogens is 1. The summed E-state index contributed by atoms with van der Waals surface area (Å²) in [4.78, 5) is 24.5. The Hall–Kier alpha value is -4.01. The molecular formula is C21H18FN7O. The number of nitrogens with two attached hydrogens (primary N) is 1. The van der Waals surface area contributed by atoms with Gasteiger partial charge >= 0.3 is 6.03 Å². The first-order valence-electron chi connectivity index (χ1n) is 9.50. The van der Waals surface area contributed by atoms with E-state index < -0.39 is 5.82 Å². The van der Waals surface area contributed by atoms with E-state index in [-0.39, 0.29) is 11.8 Å². The van der Waals surface area contributed by atoms with Crippen LogP contribution in [0.3, 0.4) is 0 Å². The van der Waals surface area contributed by atoms with Crippen LogP contribution in [0.1, 0.15) is 12.8 Å². The van der Waals surface area contributed by atoms with Crippen molar-refractivity contribution in [2.75, 3.05) is 11.1 Å². The number of nitrogens with one attached hydrogen (secondary N) is 2. The second-order valence-corrected chi connectivity index (χ2v) is 7.17. The second kappa shape index (κ2) is 7.11. The van der Waals surface area contributed by atoms with E-state index in [1.54, 1.807) is 12.3 Å². The smallest absolute Gasteiger partial charge is 0.319 e. The predicted molar refractivity (Wildman–Crippen MR) is 111 cm³/mol. The van der Waals surface area contributed by atoms with E-state index >= 15 is 0 Å². The molecule has 1 fully saturated rings. The van der Waals surface area contributed by atoms with Crippen LogP contribution in [0.2, 0.25) is 0 Å². The normalized spacial score (nSPS) is 13.4. The van der Waals surface area contributed by atoms with Crippen LogP contribution < -0.4 is 16.4 Å². The van der Waals surface area contributed by atoms with Crippen molar-refractivity contribution in [1.29, 1.82) is 0 Å². The van der Waals surface area contributed by atoms with Gasteiger partial charge < -0.3 is 16.4 Å². The predicted octanol–water partition coefficient (Wildman–Crippen LogP) is 3.46. The van der Waals surface area contributed by atoms with Gasteiger partial charge in [-0.2, -0.15) is 0 Å². The molecule has 0 unspecified atom stereocenters. The zero-order valence-electron chi connectivity index (χ0n) is 15.8. The summed E-state index contributed by atoms with van der Waals surface area (Å²) in [7, 11) is 0. The summed E-state index contributed by atoms with van der Waals surface area (Å²) in [5.74, 6) is -0.519. The van der Waals surface area contributed by atoms with Gasteiger partial charge in [-0.15, -0.1) is 0 Å². The number of hydrogen-bond acceptors (Lipinski definition) is 5. The highest BCUT2D eigenvalue weighted by molar-refractivity contribution is 5.90. The molecule has 1 aliphatic carbocycles. The monoisotopic (exact) mass is 403 g/mol. The topological polar surface area (TPSA) is 110 Å². The van der Waals surface area contributed by atoms with Crippen LogP contribution in [0.4, 0.5) is 20.7 Å². The third kappa shape index (κ3) is 3.52. The van der Waals surface area contributed by atoms with Crippen molar-refractivity contribution in [2.45, 2.75) is 18.9 Å². The summed E-state index contributed by atoms with van der Waals surface area (Å²) in [5.41, 5.74) is 9.38. The number of anilines is 2. The van der Waals surface area contributed by atoms with E-state index in [4.69, 9.17) is 5.73 Å². The van der Waals surface area contributed by atoms with Crippen LogP contribution in [-0.2, 0) is 0 Å². The van der Waals surface area contributed by atoms with Gasteiger partial charge in [0.1, 0.15) is 5.65 Å². The van der Waals surface area contributed by atoms with Gasteiger partial charge in [-0.25, -0.2) is 24.1 Å². The summed E-state index contributed by atoms with van der Waals surface area (Å²) in [6.45, 7) is 0. The zero-order valence-corrected chi connectivity index (χ0v) is 15.8. The zero-order chi connectivity index (χ0) is 20.7. The van der Waals surface area contributed by atoms with Crippen molar-refractivity contribution in [3.8, 4) is 22.6 Å². The van der Waals surface area contributed by atoms with Crippen LogP contribution in [0, 0.1) is 5.82 Å². The molecule has 3 heterocycles. The van der Waals surface area contributed by atoms with Crippen molar-refractivity contribution in [3.63, 3.8) is 0 Å². The Morgan fingerprint density at radius 2 is 2.00 bits per heavy atom. The number of nitrogen functional groups attached to an aromatic ring is 1. The SMILES string of the molecule is Nc1nc(-c2ccn3c(-c4cccc(NC(=O)NC5CC5)c4)cnc3c2)ncc1F. The number of carbonyl (C=O) groups excluding carboxylic acids is 1. The Balaban J connectivity index is 1.44. The molecule has 4 aromatic rings. The van der Waals surface area contributed by atoms with E-state index in [0.29, 0.717) is 28.8 Å². The summed E-state index contributed by atoms with van der Waals surface area (Å²) in [6.07, 6.45) is 6.72. The molecule has 3 aromatic heterocycles. The molecule has 9 heteroatoms. The van der Waals surface area contributed by atoms with E-state index in [9.17, 15) is 9.18 Å². The standard InChI is InChI=1S/C21H18FN7O/c22-16-10-25-20(28-19(16)23)13-6-7-29-17(11-24-18(29)9-13)12-2-1-3-15(8-12)27-21(30)26-14-4-5-14/h1-3,6-11,14H,4-5H2,(H2,23,25,28)(H2,26,27,30). The van der Waals surface area contributed by atoms with Gasteiger partial charge in [-0.1, -0.05) is 12.1 Å². The number of hydrogen-bond donors (Lipinski definition) is 3. The minimum Gasteiger partial charge on any atom is -0.381 e. The minimum atomic E-state index is -0.651. The van der Waals surface area contributed by atoms with Gasteiger partial charge in [0, 0.05) is 29.1 Å². The van der Waals surface area contributed by atoms with Gasteiger partial charge in [0.05, 0.1) is 18.1 Å². The lowest BCUT2D eigenvalue weighted by Gasteiger charge is -2.09. The fourth-order valence-corrected chi connectivity index (χ4v) is 3.19. The third-order valence-corrected chi connectivity index (χ3v) is 4.87. The highest BCUT2D eigenvalue weighted by Gasteiger charge is 2.23. The molecule has 1 saturated carbocycles. The van der Waals surface area contributed by atoms with Gasteiger partial charge in [0.15, 0.2) is 17.5 Å². The number of pyridine rings is 1. The van der Waals surface area contributed by atoms with Crippen LogP contribution >= 0.6 is 0 Å². The first-order chi connectivity index (χ1) is 14.6. The number of imidazole rings is 1. The van der Waals surface area contributed by atoms with E-state index in [2.05, 4.69) is 25.6 Å². The van der Waals surface area contributed by atoms with Crippen molar-refractivity contribution < 1.29 is 9.18 Å². The van der Waals surface area contributed by atoms with Crippen molar-refractivity contribution in [1.82, 2.24) is 24.7 Å². The Kier molecular flexibility index (Phi) is 4.27. The van der Waals surface area contributed by atoms with Crippen LogP contribution in [-0.4, -0.2) is 31.4 Å². The maximum Gasteiger partial charge on any atom is 0.319 e. The number of benzene rings is 1. The second-order valence-electron chi connectivity index (χ2n) is 7.17. The minimum absolute atomic E-state index is 0.195. The third-order valence-electron chi connectivity index (χ3n) is 4.87. The van der Waals surface area contributed by atoms with Crippen LogP contribution in [0.15, 0.2) is 55.0 Å².